The molecule has 0 unspecified atom stereocenters. The van der Waals surface area contributed by atoms with Crippen LogP contribution in [-0.2, 0) is 28.9 Å². The monoisotopic (exact) mass is 408 g/mol. The zero-order valence-corrected chi connectivity index (χ0v) is 18.4. The topological polar surface area (TPSA) is 118 Å². The van der Waals surface area contributed by atoms with Crippen molar-refractivity contribution in [1.82, 2.24) is 0 Å². The predicted octanol–water partition coefficient (Wildman–Crippen LogP) is 5.13. The lowest BCUT2D eigenvalue weighted by Crippen LogP contribution is -2.42. The average Bonchev–Trinajstić information content (AvgIpc) is 2.56. The second-order valence-electron chi connectivity index (χ2n) is 7.48. The van der Waals surface area contributed by atoms with Crippen molar-refractivity contribution in [3.63, 3.8) is 0 Å². The first kappa shape index (κ1) is 28.2. The predicted molar refractivity (Wildman–Crippen MR) is 101 cm³/mol. The second kappa shape index (κ2) is 14.0. The van der Waals surface area contributed by atoms with E-state index in [4.69, 9.17) is 5.26 Å². The van der Waals surface area contributed by atoms with Gasteiger partial charge < -0.3 is 14.4 Å². The van der Waals surface area contributed by atoms with E-state index in [1.165, 1.54) is 0 Å². The molecule has 0 aliphatic rings. The minimum Gasteiger partial charge on any atom is -0.429 e. The van der Waals surface area contributed by atoms with Gasteiger partial charge in [-0.05, 0) is 46.0 Å². The molecule has 0 aromatic rings. The van der Waals surface area contributed by atoms with Crippen LogP contribution in [0.1, 0.15) is 75.2 Å². The van der Waals surface area contributed by atoms with E-state index >= 15 is 0 Å². The van der Waals surface area contributed by atoms with Crippen LogP contribution in [0.3, 0.4) is 0 Å². The van der Waals surface area contributed by atoms with E-state index in [0.717, 1.165) is 12.8 Å². The number of rotatable bonds is 7. The largest absolute Gasteiger partial charge is 0.550 e. The van der Waals surface area contributed by atoms with Gasteiger partial charge in [0.25, 0.3) is 0 Å². The van der Waals surface area contributed by atoms with Gasteiger partial charge in [0.1, 0.15) is 0 Å². The van der Waals surface area contributed by atoms with Crippen LogP contribution < -0.4 is 0 Å². The molecular weight excluding hydrogens is 372 g/mol. The molecule has 9 nitrogen and oxygen atoms in total. The highest BCUT2D eigenvalue weighted by Gasteiger charge is 2.45. The highest BCUT2D eigenvalue weighted by Crippen LogP contribution is 2.41. The zero-order valence-electron chi connectivity index (χ0n) is 18.4. The van der Waals surface area contributed by atoms with Crippen LogP contribution in [0.15, 0.2) is 0 Å². The van der Waals surface area contributed by atoms with Crippen LogP contribution in [-0.4, -0.2) is 35.7 Å². The van der Waals surface area contributed by atoms with Crippen molar-refractivity contribution in [2.75, 3.05) is 0 Å². The van der Waals surface area contributed by atoms with Gasteiger partial charge in [0.2, 0.25) is 0 Å². The Kier molecular flexibility index (Phi) is 14.1. The molecule has 166 valence electrons. The van der Waals surface area contributed by atoms with E-state index in [1.54, 1.807) is 27.7 Å². The summed E-state index contributed by atoms with van der Waals surface area (Å²) in [6.45, 7) is 16.5. The number of carbonyl (C=O) groups excluding carboxylic acids is 3. The maximum absolute atomic E-state index is 11.6. The lowest BCUT2D eigenvalue weighted by Gasteiger charge is -2.37. The Morgan fingerprint density at radius 3 is 1.36 bits per heavy atom. The number of hydrogen-bond donors (Lipinski definition) is 1. The summed E-state index contributed by atoms with van der Waals surface area (Å²) in [7, 11) is 0. The first-order valence-electron chi connectivity index (χ1n) is 9.46. The molecule has 0 radical (unpaired) electrons. The van der Waals surface area contributed by atoms with Crippen LogP contribution in [0.25, 0.3) is 0 Å². The Morgan fingerprint density at radius 1 is 0.786 bits per heavy atom. The normalized spacial score (nSPS) is 11.1. The Hall–Kier alpha value is -2.03. The third-order valence-electron chi connectivity index (χ3n) is 4.03. The SMILES string of the molecule is CC(C)OC(=O)OOC(=O)OC(C)C.CCCC(C(=O)OO)(C(C)C)C(C)C. The molecule has 0 atom stereocenters. The van der Waals surface area contributed by atoms with Crippen LogP contribution >= 0.6 is 0 Å². The molecule has 0 amide bonds. The van der Waals surface area contributed by atoms with Crippen molar-refractivity contribution in [2.45, 2.75) is 87.4 Å². The summed E-state index contributed by atoms with van der Waals surface area (Å²) >= 11 is 0. The van der Waals surface area contributed by atoms with Gasteiger partial charge in [0.05, 0.1) is 17.6 Å². The van der Waals surface area contributed by atoms with E-state index in [1.807, 2.05) is 34.6 Å². The molecule has 0 bridgehead atoms. The molecule has 0 saturated heterocycles. The molecule has 1 N–H and O–H groups in total. The zero-order chi connectivity index (χ0) is 22.5. The summed E-state index contributed by atoms with van der Waals surface area (Å²) in [5, 5.41) is 8.55. The van der Waals surface area contributed by atoms with Crippen LogP contribution in [0, 0.1) is 17.3 Å². The molecule has 9 heteroatoms. The van der Waals surface area contributed by atoms with Crippen molar-refractivity contribution in [3.8, 4) is 0 Å². The van der Waals surface area contributed by atoms with Gasteiger partial charge in [-0.1, -0.05) is 41.0 Å². The van der Waals surface area contributed by atoms with Gasteiger partial charge >= 0.3 is 18.3 Å². The van der Waals surface area contributed by atoms with Gasteiger partial charge in [-0.15, -0.1) is 0 Å². The number of carbonyl (C=O) groups is 3. The standard InChI is InChI=1S/C11H22O3.C8H14O6/c1-6-7-11(8(2)3,9(4)5)10(12)14-13;1-5(2)11-7(9)13-14-8(10)12-6(3)4/h8-9,13H,6-7H2,1-5H3;5-6H,1-4H3. The van der Waals surface area contributed by atoms with E-state index in [9.17, 15) is 14.4 Å². The third-order valence-corrected chi connectivity index (χ3v) is 4.03. The molecule has 0 saturated carbocycles. The molecule has 28 heavy (non-hydrogen) atoms. The van der Waals surface area contributed by atoms with E-state index < -0.39 is 23.7 Å². The summed E-state index contributed by atoms with van der Waals surface area (Å²) in [6, 6.07) is 0. The summed E-state index contributed by atoms with van der Waals surface area (Å²) in [5.41, 5.74) is -0.552. The smallest absolute Gasteiger partial charge is 0.429 e. The van der Waals surface area contributed by atoms with Gasteiger partial charge in [-0.3, -0.25) is 0 Å². The maximum Gasteiger partial charge on any atom is 0.550 e. The van der Waals surface area contributed by atoms with Crippen molar-refractivity contribution >= 4 is 18.3 Å². The second-order valence-corrected chi connectivity index (χ2v) is 7.48. The van der Waals surface area contributed by atoms with E-state index in [2.05, 4.69) is 24.1 Å². The molecular formula is C19H36O9. The third kappa shape index (κ3) is 10.3. The molecule has 0 aromatic heterocycles. The fourth-order valence-electron chi connectivity index (χ4n) is 2.81. The van der Waals surface area contributed by atoms with Crippen molar-refractivity contribution in [1.29, 1.82) is 0 Å². The Labute approximate surface area is 167 Å². The van der Waals surface area contributed by atoms with E-state index in [-0.39, 0.29) is 24.0 Å². The number of hydrogen-bond acceptors (Lipinski definition) is 9. The Bertz CT molecular complexity index is 440. The van der Waals surface area contributed by atoms with Crippen molar-refractivity contribution in [2.24, 2.45) is 17.3 Å². The fourth-order valence-corrected chi connectivity index (χ4v) is 2.81. The van der Waals surface area contributed by atoms with Gasteiger partial charge in [0.15, 0.2) is 0 Å². The van der Waals surface area contributed by atoms with Crippen LogP contribution in [0.4, 0.5) is 9.59 Å². The average molecular weight is 408 g/mol. The van der Waals surface area contributed by atoms with E-state index in [0.29, 0.717) is 0 Å². The molecule has 0 aliphatic carbocycles. The molecule has 0 rings (SSSR count). The summed E-state index contributed by atoms with van der Waals surface area (Å²) in [6.07, 6.45) is -1.19. The molecule has 0 aliphatic heterocycles. The van der Waals surface area contributed by atoms with Crippen molar-refractivity contribution in [3.05, 3.63) is 0 Å². The maximum atomic E-state index is 11.6. The summed E-state index contributed by atoms with van der Waals surface area (Å²) in [5.74, 6) is -0.159. The van der Waals surface area contributed by atoms with Gasteiger partial charge in [-0.25, -0.2) is 4.79 Å². The number of ether oxygens (including phenoxy) is 2. The van der Waals surface area contributed by atoms with Crippen LogP contribution in [0.2, 0.25) is 0 Å². The molecule has 0 fully saturated rings. The minimum atomic E-state index is -1.08. The molecule has 0 spiro atoms. The summed E-state index contributed by atoms with van der Waals surface area (Å²) < 4.78 is 9.02. The summed E-state index contributed by atoms with van der Waals surface area (Å²) in [4.78, 5) is 44.9. The van der Waals surface area contributed by atoms with Gasteiger partial charge in [0, 0.05) is 0 Å². The Morgan fingerprint density at radius 2 is 1.14 bits per heavy atom. The highest BCUT2D eigenvalue weighted by atomic mass is 17.3. The lowest BCUT2D eigenvalue weighted by atomic mass is 9.66. The molecule has 0 heterocycles. The lowest BCUT2D eigenvalue weighted by molar-refractivity contribution is -0.251. The molecule has 0 aromatic carbocycles. The quantitative estimate of drug-likeness (QED) is 0.265. The van der Waals surface area contributed by atoms with Crippen LogP contribution in [0.5, 0.6) is 0 Å². The minimum absolute atomic E-state index is 0.169. The highest BCUT2D eigenvalue weighted by molar-refractivity contribution is 5.76. The first-order chi connectivity index (χ1) is 12.8. The van der Waals surface area contributed by atoms with Crippen molar-refractivity contribution < 1.29 is 43.8 Å². The fraction of sp³-hybridized carbons (Fsp3) is 0.842. The van der Waals surface area contributed by atoms with Gasteiger partial charge in [-0.2, -0.15) is 24.6 Å². The Balaban J connectivity index is 0. The first-order valence-corrected chi connectivity index (χ1v) is 9.46.